The second-order valence-electron chi connectivity index (χ2n) is 5.79. The van der Waals surface area contributed by atoms with Crippen molar-refractivity contribution in [2.24, 2.45) is 0 Å². The summed E-state index contributed by atoms with van der Waals surface area (Å²) in [6.45, 7) is 6.23. The molecule has 1 aliphatic rings. The van der Waals surface area contributed by atoms with Crippen LogP contribution < -0.4 is 0 Å². The van der Waals surface area contributed by atoms with Gasteiger partial charge in [-0.15, -0.1) is 0 Å². The molecule has 1 aromatic carbocycles. The third-order valence-corrected chi connectivity index (χ3v) is 6.63. The highest BCUT2D eigenvalue weighted by atomic mass is 32.2. The summed E-state index contributed by atoms with van der Waals surface area (Å²) in [4.78, 5) is 2.41. The van der Waals surface area contributed by atoms with E-state index < -0.39 is 9.84 Å². The van der Waals surface area contributed by atoms with Gasteiger partial charge in [0.25, 0.3) is 0 Å². The van der Waals surface area contributed by atoms with Gasteiger partial charge in [0.1, 0.15) is 0 Å². The molecule has 1 saturated heterocycles. The molecule has 1 heterocycles. The summed E-state index contributed by atoms with van der Waals surface area (Å²) in [7, 11) is -3.02. The van der Waals surface area contributed by atoms with E-state index in [9.17, 15) is 8.42 Å². The number of likely N-dealkylation sites (tertiary alicyclic amines) is 1. The van der Waals surface area contributed by atoms with Gasteiger partial charge in [-0.2, -0.15) is 0 Å². The van der Waals surface area contributed by atoms with Gasteiger partial charge in [-0.05, 0) is 44.8 Å². The van der Waals surface area contributed by atoms with Crippen molar-refractivity contribution in [2.45, 2.75) is 50.2 Å². The molecule has 112 valence electrons. The second-order valence-corrected chi connectivity index (χ2v) is 8.07. The van der Waals surface area contributed by atoms with Gasteiger partial charge in [-0.3, -0.25) is 0 Å². The van der Waals surface area contributed by atoms with E-state index in [1.165, 1.54) is 0 Å². The number of benzene rings is 1. The van der Waals surface area contributed by atoms with Crippen LogP contribution in [-0.2, 0) is 15.6 Å². The normalized spacial score (nSPS) is 19.9. The Hall–Kier alpha value is -0.870. The SMILES string of the molecule is CCC(C)N1CCC(S(=O)(=O)Cc2ccccc2)CC1. The van der Waals surface area contributed by atoms with Crippen LogP contribution in [0.5, 0.6) is 0 Å². The quantitative estimate of drug-likeness (QED) is 0.838. The summed E-state index contributed by atoms with van der Waals surface area (Å²) < 4.78 is 25.0. The van der Waals surface area contributed by atoms with E-state index in [0.717, 1.165) is 37.9 Å². The van der Waals surface area contributed by atoms with Gasteiger partial charge in [-0.25, -0.2) is 8.42 Å². The minimum atomic E-state index is -3.02. The van der Waals surface area contributed by atoms with E-state index >= 15 is 0 Å². The molecule has 0 radical (unpaired) electrons. The van der Waals surface area contributed by atoms with Gasteiger partial charge in [0.15, 0.2) is 9.84 Å². The van der Waals surface area contributed by atoms with Gasteiger partial charge in [0.2, 0.25) is 0 Å². The first-order chi connectivity index (χ1) is 9.53. The van der Waals surface area contributed by atoms with Crippen molar-refractivity contribution in [1.82, 2.24) is 4.90 Å². The Labute approximate surface area is 122 Å². The summed E-state index contributed by atoms with van der Waals surface area (Å²) in [6.07, 6.45) is 2.68. The lowest BCUT2D eigenvalue weighted by molar-refractivity contribution is 0.171. The number of hydrogen-bond donors (Lipinski definition) is 0. The van der Waals surface area contributed by atoms with Crippen LogP contribution in [0.25, 0.3) is 0 Å². The molecule has 0 saturated carbocycles. The molecular formula is C16H25NO2S. The van der Waals surface area contributed by atoms with Gasteiger partial charge in [-0.1, -0.05) is 37.3 Å². The summed E-state index contributed by atoms with van der Waals surface area (Å²) in [5.74, 6) is 0.182. The lowest BCUT2D eigenvalue weighted by Crippen LogP contribution is -2.43. The zero-order valence-corrected chi connectivity index (χ0v) is 13.3. The average Bonchev–Trinajstić information content (AvgIpc) is 2.47. The Morgan fingerprint density at radius 3 is 2.35 bits per heavy atom. The standard InChI is InChI=1S/C16H25NO2S/c1-3-14(2)17-11-9-16(10-12-17)20(18,19)13-15-7-5-4-6-8-15/h4-8,14,16H,3,9-13H2,1-2H3. The van der Waals surface area contributed by atoms with Crippen LogP contribution in [0.15, 0.2) is 30.3 Å². The first-order valence-electron chi connectivity index (χ1n) is 7.52. The van der Waals surface area contributed by atoms with E-state index in [1.807, 2.05) is 30.3 Å². The third kappa shape index (κ3) is 3.83. The van der Waals surface area contributed by atoms with Crippen molar-refractivity contribution in [2.75, 3.05) is 13.1 Å². The van der Waals surface area contributed by atoms with Gasteiger partial charge >= 0.3 is 0 Å². The van der Waals surface area contributed by atoms with E-state index in [4.69, 9.17) is 0 Å². The highest BCUT2D eigenvalue weighted by molar-refractivity contribution is 7.91. The minimum Gasteiger partial charge on any atom is -0.301 e. The van der Waals surface area contributed by atoms with Crippen molar-refractivity contribution in [3.63, 3.8) is 0 Å². The number of sulfone groups is 1. The molecule has 0 amide bonds. The fourth-order valence-corrected chi connectivity index (χ4v) is 4.68. The lowest BCUT2D eigenvalue weighted by atomic mass is 10.1. The van der Waals surface area contributed by atoms with Crippen molar-refractivity contribution >= 4 is 9.84 Å². The van der Waals surface area contributed by atoms with Gasteiger partial charge in [0.05, 0.1) is 11.0 Å². The number of piperidine rings is 1. The second kappa shape index (κ2) is 6.72. The third-order valence-electron chi connectivity index (χ3n) is 4.41. The molecule has 1 aromatic rings. The van der Waals surface area contributed by atoms with E-state index in [2.05, 4.69) is 18.7 Å². The van der Waals surface area contributed by atoms with Crippen LogP contribution in [0.1, 0.15) is 38.7 Å². The van der Waals surface area contributed by atoms with Crippen LogP contribution in [-0.4, -0.2) is 37.7 Å². The smallest absolute Gasteiger partial charge is 0.157 e. The Morgan fingerprint density at radius 2 is 1.80 bits per heavy atom. The maximum absolute atomic E-state index is 12.5. The molecule has 1 unspecified atom stereocenters. The van der Waals surface area contributed by atoms with Crippen LogP contribution >= 0.6 is 0 Å². The van der Waals surface area contributed by atoms with E-state index in [1.54, 1.807) is 0 Å². The summed E-state index contributed by atoms with van der Waals surface area (Å²) in [5.41, 5.74) is 0.900. The topological polar surface area (TPSA) is 37.4 Å². The largest absolute Gasteiger partial charge is 0.301 e. The van der Waals surface area contributed by atoms with Crippen LogP contribution in [0.2, 0.25) is 0 Å². The zero-order valence-electron chi connectivity index (χ0n) is 12.5. The summed E-state index contributed by atoms with van der Waals surface area (Å²) in [6, 6.07) is 10.1. The molecule has 3 nitrogen and oxygen atoms in total. The van der Waals surface area contributed by atoms with Crippen LogP contribution in [0.4, 0.5) is 0 Å². The number of nitrogens with zero attached hydrogens (tertiary/aromatic N) is 1. The average molecular weight is 295 g/mol. The number of hydrogen-bond acceptors (Lipinski definition) is 3. The summed E-state index contributed by atoms with van der Waals surface area (Å²) in [5, 5.41) is -0.164. The van der Waals surface area contributed by atoms with Gasteiger partial charge < -0.3 is 4.90 Å². The highest BCUT2D eigenvalue weighted by Gasteiger charge is 2.30. The monoisotopic (exact) mass is 295 g/mol. The molecular weight excluding hydrogens is 270 g/mol. The van der Waals surface area contributed by atoms with Crippen LogP contribution in [0.3, 0.4) is 0 Å². The Kier molecular flexibility index (Phi) is 5.22. The minimum absolute atomic E-state index is 0.164. The Bertz CT molecular complexity index is 505. The number of rotatable bonds is 5. The molecule has 1 aliphatic heterocycles. The Balaban J connectivity index is 1.95. The maximum Gasteiger partial charge on any atom is 0.157 e. The van der Waals surface area contributed by atoms with E-state index in [0.29, 0.717) is 6.04 Å². The molecule has 1 fully saturated rings. The maximum atomic E-state index is 12.5. The fourth-order valence-electron chi connectivity index (χ4n) is 2.86. The highest BCUT2D eigenvalue weighted by Crippen LogP contribution is 2.23. The predicted octanol–water partition coefficient (Wildman–Crippen LogP) is 2.86. The molecule has 0 bridgehead atoms. The van der Waals surface area contributed by atoms with Crippen molar-refractivity contribution in [1.29, 1.82) is 0 Å². The van der Waals surface area contributed by atoms with Crippen molar-refractivity contribution < 1.29 is 8.42 Å². The predicted molar refractivity (Wildman–Crippen MR) is 83.4 cm³/mol. The molecule has 0 N–H and O–H groups in total. The zero-order chi connectivity index (χ0) is 14.6. The molecule has 2 rings (SSSR count). The molecule has 20 heavy (non-hydrogen) atoms. The first-order valence-corrected chi connectivity index (χ1v) is 9.24. The molecule has 1 atom stereocenters. The van der Waals surface area contributed by atoms with E-state index in [-0.39, 0.29) is 11.0 Å². The van der Waals surface area contributed by atoms with Crippen molar-refractivity contribution in [3.05, 3.63) is 35.9 Å². The van der Waals surface area contributed by atoms with Crippen LogP contribution in [0, 0.1) is 0 Å². The molecule has 0 aromatic heterocycles. The summed E-state index contributed by atoms with van der Waals surface area (Å²) >= 11 is 0. The lowest BCUT2D eigenvalue weighted by Gasteiger charge is -2.35. The molecule has 0 aliphatic carbocycles. The fraction of sp³-hybridized carbons (Fsp3) is 0.625. The van der Waals surface area contributed by atoms with Gasteiger partial charge in [0, 0.05) is 6.04 Å². The Morgan fingerprint density at radius 1 is 1.20 bits per heavy atom. The molecule has 4 heteroatoms. The molecule has 0 spiro atoms. The van der Waals surface area contributed by atoms with Crippen molar-refractivity contribution in [3.8, 4) is 0 Å². The first kappa shape index (κ1) is 15.5.